The molecule has 1 heterocycles. The smallest absolute Gasteiger partial charge is 0.401 e. The molecule has 1 aromatic rings. The van der Waals surface area contributed by atoms with Crippen molar-refractivity contribution >= 4 is 27.4 Å². The van der Waals surface area contributed by atoms with E-state index >= 15 is 0 Å². The van der Waals surface area contributed by atoms with Gasteiger partial charge in [-0.1, -0.05) is 6.42 Å². The zero-order chi connectivity index (χ0) is 22.7. The van der Waals surface area contributed by atoms with Crippen LogP contribution in [-0.4, -0.2) is 70.3 Å². The maximum atomic E-state index is 10.7. The number of unbranched alkanes of at least 4 members (excludes halogenated alkanes) is 1. The molecule has 0 aromatic carbocycles. The molecule has 11 N–H and O–H groups in total. The first kappa shape index (κ1) is 27.3. The fourth-order valence-corrected chi connectivity index (χ4v) is 3.20. The van der Waals surface area contributed by atoms with Crippen LogP contribution in [-0.2, 0) is 25.1 Å². The fraction of sp³-hybridized carbons (Fsp3) is 0.583. The molecule has 0 spiro atoms. The molecule has 0 saturated carbocycles. The van der Waals surface area contributed by atoms with Crippen LogP contribution in [0.15, 0.2) is 12.5 Å². The Hall–Kier alpha value is -1.67. The Bertz CT molecular complexity index is 719. The molecular weight excluding hydrogens is 436 g/mol. The molecule has 0 bridgehead atoms. The van der Waals surface area contributed by atoms with Crippen LogP contribution in [0.1, 0.15) is 25.0 Å². The molecule has 0 saturated heterocycles. The molecule has 0 fully saturated rings. The number of nitrogens with two attached hydrogens (primary N) is 1. The van der Waals surface area contributed by atoms with Crippen LogP contribution in [0.5, 0.6) is 0 Å². The molecule has 0 amide bonds. The van der Waals surface area contributed by atoms with E-state index in [4.69, 9.17) is 35.5 Å². The van der Waals surface area contributed by atoms with Crippen molar-refractivity contribution in [1.29, 1.82) is 0 Å². The molecule has 0 aliphatic rings. The van der Waals surface area contributed by atoms with Crippen molar-refractivity contribution in [1.82, 2.24) is 20.1 Å². The summed E-state index contributed by atoms with van der Waals surface area (Å²) in [4.78, 5) is 61.7. The van der Waals surface area contributed by atoms with Gasteiger partial charge >= 0.3 is 27.4 Å². The predicted molar refractivity (Wildman–Crippen MR) is 98.4 cm³/mol. The highest BCUT2D eigenvalue weighted by atomic mass is 31.2. The Kier molecular flexibility index (Phi) is 12.1. The number of hydrogen-bond acceptors (Lipinski definition) is 6. The Morgan fingerprint density at radius 2 is 1.55 bits per heavy atom. The average molecular weight is 461 g/mol. The number of hydrogen-bond donors (Lipinski definition) is 10. The van der Waals surface area contributed by atoms with Crippen LogP contribution in [0.25, 0.3) is 0 Å². The topological polar surface area (TPSA) is 268 Å². The maximum Gasteiger partial charge on any atom is 0.401 e. The van der Waals surface area contributed by atoms with Crippen molar-refractivity contribution in [3.63, 3.8) is 0 Å². The van der Waals surface area contributed by atoms with Gasteiger partial charge in [-0.05, 0) is 19.4 Å². The molecular formula is C12H25N5O10P2. The summed E-state index contributed by atoms with van der Waals surface area (Å²) in [5.41, 5.74) is 5.60. The van der Waals surface area contributed by atoms with Crippen LogP contribution in [0.3, 0.4) is 0 Å². The predicted octanol–water partition coefficient (Wildman–Crippen LogP) is -1.66. The molecule has 15 nitrogen and oxygen atoms in total. The minimum atomic E-state index is -4.56. The Morgan fingerprint density at radius 1 is 1.03 bits per heavy atom. The molecule has 1 rings (SSSR count). The van der Waals surface area contributed by atoms with E-state index in [-0.39, 0.29) is 12.8 Å². The van der Waals surface area contributed by atoms with Gasteiger partial charge in [0.25, 0.3) is 0 Å². The van der Waals surface area contributed by atoms with Gasteiger partial charge in [0, 0.05) is 12.6 Å². The quantitative estimate of drug-likeness (QED) is 0.123. The van der Waals surface area contributed by atoms with Crippen molar-refractivity contribution in [2.45, 2.75) is 37.8 Å². The zero-order valence-corrected chi connectivity index (χ0v) is 16.9. The van der Waals surface area contributed by atoms with E-state index in [9.17, 15) is 18.7 Å². The molecule has 0 unspecified atom stereocenters. The number of imidazole rings is 1. The Morgan fingerprint density at radius 3 is 1.93 bits per heavy atom. The van der Waals surface area contributed by atoms with Gasteiger partial charge in [0.1, 0.15) is 12.1 Å². The van der Waals surface area contributed by atoms with Crippen LogP contribution in [0, 0.1) is 0 Å². The van der Waals surface area contributed by atoms with E-state index in [1.54, 1.807) is 10.2 Å². The number of H-pyrrole nitrogens is 1. The molecule has 17 heteroatoms. The number of carbonyl (C=O) groups is 2. The van der Waals surface area contributed by atoms with Crippen molar-refractivity contribution in [3.8, 4) is 0 Å². The van der Waals surface area contributed by atoms with Crippen molar-refractivity contribution in [3.05, 3.63) is 18.2 Å². The summed E-state index contributed by atoms with van der Waals surface area (Å²) in [5.74, 6) is -2.62. The van der Waals surface area contributed by atoms with Crippen molar-refractivity contribution in [2.75, 3.05) is 6.54 Å². The average Bonchev–Trinajstić information content (AvgIpc) is 3.04. The van der Waals surface area contributed by atoms with Crippen molar-refractivity contribution in [2.24, 2.45) is 5.73 Å². The second-order valence-electron chi connectivity index (χ2n) is 5.68. The van der Waals surface area contributed by atoms with Gasteiger partial charge in [-0.3, -0.25) is 9.59 Å². The number of carboxylic acids is 2. The third-order valence-electron chi connectivity index (χ3n) is 3.16. The maximum absolute atomic E-state index is 10.7. The molecule has 2 atom stereocenters. The summed E-state index contributed by atoms with van der Waals surface area (Å²) in [7, 11) is -9.05. The highest BCUT2D eigenvalue weighted by molar-refractivity contribution is 7.49. The molecule has 168 valence electrons. The van der Waals surface area contributed by atoms with E-state index in [0.717, 1.165) is 0 Å². The first-order valence-electron chi connectivity index (χ1n) is 8.05. The first-order chi connectivity index (χ1) is 13.2. The Balaban J connectivity index is 0.000000543. The lowest BCUT2D eigenvalue weighted by Gasteiger charge is -2.14. The molecule has 0 aliphatic heterocycles. The molecule has 0 aliphatic carbocycles. The number of aliphatic carboxylic acids is 2. The van der Waals surface area contributed by atoms with E-state index < -0.39 is 39.5 Å². The van der Waals surface area contributed by atoms with E-state index in [2.05, 4.69) is 9.97 Å². The third kappa shape index (κ3) is 14.9. The minimum Gasteiger partial charge on any atom is -0.480 e. The number of nitrogens with one attached hydrogen (secondary N) is 3. The zero-order valence-electron chi connectivity index (χ0n) is 15.1. The van der Waals surface area contributed by atoms with Crippen LogP contribution >= 0.6 is 15.5 Å². The summed E-state index contributed by atoms with van der Waals surface area (Å²) in [6.07, 6.45) is 4.00. The lowest BCUT2D eigenvalue weighted by atomic mass is 10.1. The van der Waals surface area contributed by atoms with E-state index in [1.165, 1.54) is 12.5 Å². The highest BCUT2D eigenvalue weighted by Crippen LogP contribution is 2.30. The second kappa shape index (κ2) is 12.8. The summed E-state index contributed by atoms with van der Waals surface area (Å²) in [6.45, 7) is 0.433. The summed E-state index contributed by atoms with van der Waals surface area (Å²) < 4.78 is 21.0. The standard InChI is InChI=1S/C6H10N3O5P.C6H15N2O5P/c10-6(11)5(9-15(12,13)14)1-4-2-7-3-8-4;7-4-2-1-3-5(6(9)10)8-14(11,12)13/h2-3,5H,1H2,(H,7,8)(H,10,11)(H3,9,12,13,14);5H,1-4,7H2,(H,9,10)(H3,8,11,12,13)/t2*5-/m00/s1. The van der Waals surface area contributed by atoms with Crippen molar-refractivity contribution < 1.29 is 48.5 Å². The number of aromatic nitrogens is 2. The lowest BCUT2D eigenvalue weighted by Crippen LogP contribution is -2.36. The van der Waals surface area contributed by atoms with E-state index in [1.807, 2.05) is 0 Å². The third-order valence-corrected chi connectivity index (χ3v) is 4.46. The fourth-order valence-electron chi connectivity index (χ4n) is 1.94. The number of nitrogens with zero attached hydrogens (tertiary/aromatic N) is 1. The minimum absolute atomic E-state index is 0.107. The molecule has 0 radical (unpaired) electrons. The SMILES string of the molecule is NCCCC[C@H](NP(=O)(O)O)C(=O)O.O=C(O)[C@H](Cc1c[nH]cn1)NP(=O)(O)O. The molecule has 29 heavy (non-hydrogen) atoms. The van der Waals surface area contributed by atoms with Gasteiger partial charge in [0.15, 0.2) is 0 Å². The number of rotatable bonds is 12. The van der Waals surface area contributed by atoms with Gasteiger partial charge in [0.05, 0.1) is 12.0 Å². The van der Waals surface area contributed by atoms with Gasteiger partial charge in [-0.2, -0.15) is 0 Å². The first-order valence-corrected chi connectivity index (χ1v) is 11.3. The van der Waals surface area contributed by atoms with Gasteiger partial charge in [0.2, 0.25) is 0 Å². The molecule has 1 aromatic heterocycles. The number of carboxylic acid groups (broad SMARTS) is 2. The monoisotopic (exact) mass is 461 g/mol. The van der Waals surface area contributed by atoms with E-state index in [0.29, 0.717) is 25.1 Å². The summed E-state index contributed by atoms with van der Waals surface area (Å²) in [6, 6.07) is -2.59. The second-order valence-corrected chi connectivity index (χ2v) is 8.37. The summed E-state index contributed by atoms with van der Waals surface area (Å²) >= 11 is 0. The highest BCUT2D eigenvalue weighted by Gasteiger charge is 2.26. The van der Waals surface area contributed by atoms with Gasteiger partial charge in [-0.15, -0.1) is 0 Å². The Labute approximate surface area is 165 Å². The lowest BCUT2D eigenvalue weighted by molar-refractivity contribution is -0.140. The van der Waals surface area contributed by atoms with Crippen LogP contribution in [0.4, 0.5) is 0 Å². The van der Waals surface area contributed by atoms with Gasteiger partial charge < -0.3 is 40.5 Å². The van der Waals surface area contributed by atoms with Crippen LogP contribution < -0.4 is 15.9 Å². The largest absolute Gasteiger partial charge is 0.480 e. The van der Waals surface area contributed by atoms with Gasteiger partial charge in [-0.25, -0.2) is 24.3 Å². The normalized spacial score (nSPS) is 13.8. The van der Waals surface area contributed by atoms with Crippen LogP contribution in [0.2, 0.25) is 0 Å². The number of aromatic amines is 1. The summed E-state index contributed by atoms with van der Waals surface area (Å²) in [5, 5.41) is 20.7.